The molecule has 0 spiro atoms. The van der Waals surface area contributed by atoms with Gasteiger partial charge >= 0.3 is 6.36 Å². The lowest BCUT2D eigenvalue weighted by molar-refractivity contribution is -0.274. The van der Waals surface area contributed by atoms with Gasteiger partial charge in [-0.05, 0) is 12.1 Å². The Morgan fingerprint density at radius 1 is 1.50 bits per heavy atom. The number of hydrogen-bond acceptors (Lipinski definition) is 6. The van der Waals surface area contributed by atoms with Gasteiger partial charge in [0.25, 0.3) is 0 Å². The van der Waals surface area contributed by atoms with Crippen LogP contribution in [0.25, 0.3) is 10.2 Å². The number of benzene rings is 1. The average molecular weight is 334 g/mol. The highest BCUT2D eigenvalue weighted by atomic mass is 32.1. The van der Waals surface area contributed by atoms with Crippen molar-refractivity contribution in [2.24, 2.45) is 5.29 Å². The lowest BCUT2D eigenvalue weighted by Crippen LogP contribution is -2.26. The van der Waals surface area contributed by atoms with Gasteiger partial charge < -0.3 is 10.1 Å². The van der Waals surface area contributed by atoms with Gasteiger partial charge in [-0.2, -0.15) is 0 Å². The van der Waals surface area contributed by atoms with E-state index in [1.165, 1.54) is 19.2 Å². The third kappa shape index (κ3) is 4.28. The number of nitroso groups, excluding NO2 is 1. The van der Waals surface area contributed by atoms with Gasteiger partial charge in [-0.15, -0.1) is 18.1 Å². The summed E-state index contributed by atoms with van der Waals surface area (Å²) in [7, 11) is 1.33. The highest BCUT2D eigenvalue weighted by molar-refractivity contribution is 7.22. The van der Waals surface area contributed by atoms with Gasteiger partial charge in [-0.1, -0.05) is 11.3 Å². The van der Waals surface area contributed by atoms with Crippen LogP contribution < -0.4 is 10.1 Å². The number of likely N-dealkylation sites (N-methyl/N-ethyl adjacent to an activating group) is 1. The lowest BCUT2D eigenvalue weighted by atomic mass is 10.3. The topological polar surface area (TPSA) is 83.9 Å². The number of amides is 1. The summed E-state index contributed by atoms with van der Waals surface area (Å²) >= 11 is 0.983. The van der Waals surface area contributed by atoms with Crippen molar-refractivity contribution < 1.29 is 22.7 Å². The molecule has 11 heteroatoms. The lowest BCUT2D eigenvalue weighted by Gasteiger charge is -2.07. The quantitative estimate of drug-likeness (QED) is 0.671. The Kier molecular flexibility index (Phi) is 4.45. The Labute approximate surface area is 125 Å². The molecule has 0 atom stereocenters. The second-order valence-electron chi connectivity index (χ2n) is 4.14. The van der Waals surface area contributed by atoms with E-state index in [-0.39, 0.29) is 17.4 Å². The molecule has 0 saturated heterocycles. The number of halogens is 3. The van der Waals surface area contributed by atoms with E-state index in [9.17, 15) is 22.9 Å². The summed E-state index contributed by atoms with van der Waals surface area (Å²) in [5.74, 6) is -0.890. The van der Waals surface area contributed by atoms with Crippen molar-refractivity contribution in [2.45, 2.75) is 6.36 Å². The van der Waals surface area contributed by atoms with Gasteiger partial charge in [0.05, 0.1) is 15.5 Å². The number of nitrogens with one attached hydrogen (secondary N) is 1. The molecule has 0 aliphatic carbocycles. The van der Waals surface area contributed by atoms with Crippen LogP contribution in [0.4, 0.5) is 18.3 Å². The molecule has 2 aromatic rings. The van der Waals surface area contributed by atoms with Crippen LogP contribution in [0.2, 0.25) is 0 Å². The Morgan fingerprint density at radius 2 is 2.23 bits per heavy atom. The summed E-state index contributed by atoms with van der Waals surface area (Å²) in [5.41, 5.74) is 0.414. The van der Waals surface area contributed by atoms with Crippen molar-refractivity contribution in [1.82, 2.24) is 9.99 Å². The minimum atomic E-state index is -4.78. The first-order valence-electron chi connectivity index (χ1n) is 5.77. The fraction of sp³-hybridized carbons (Fsp3) is 0.273. The van der Waals surface area contributed by atoms with Crippen molar-refractivity contribution in [1.29, 1.82) is 0 Å². The molecule has 0 saturated carbocycles. The average Bonchev–Trinajstić information content (AvgIpc) is 2.77. The number of anilines is 1. The SMILES string of the molecule is CN(CC(=O)Nc1nc2ccc(OC(F)(F)F)cc2s1)N=O. The molecule has 118 valence electrons. The molecule has 0 unspecified atom stereocenters. The van der Waals surface area contributed by atoms with E-state index >= 15 is 0 Å². The number of nitrogens with zero attached hydrogens (tertiary/aromatic N) is 3. The van der Waals surface area contributed by atoms with Gasteiger partial charge in [0.15, 0.2) is 5.13 Å². The molecule has 1 heterocycles. The van der Waals surface area contributed by atoms with Crippen molar-refractivity contribution in [2.75, 3.05) is 18.9 Å². The number of carbonyl (C=O) groups excluding carboxylic acids is 1. The maximum Gasteiger partial charge on any atom is 0.573 e. The number of carbonyl (C=O) groups is 1. The number of hydrogen-bond donors (Lipinski definition) is 1. The van der Waals surface area contributed by atoms with E-state index < -0.39 is 12.3 Å². The molecule has 0 aliphatic rings. The Bertz CT molecular complexity index is 703. The Balaban J connectivity index is 2.13. The summed E-state index contributed by atoms with van der Waals surface area (Å²) in [4.78, 5) is 25.8. The van der Waals surface area contributed by atoms with Gasteiger partial charge in [-0.25, -0.2) is 4.98 Å². The Hall–Kier alpha value is -2.43. The normalized spacial score (nSPS) is 11.3. The third-order valence-electron chi connectivity index (χ3n) is 2.35. The van der Waals surface area contributed by atoms with Crippen LogP contribution in [-0.2, 0) is 4.79 Å². The van der Waals surface area contributed by atoms with Crippen LogP contribution in [0, 0.1) is 4.91 Å². The van der Waals surface area contributed by atoms with Crippen LogP contribution >= 0.6 is 11.3 Å². The van der Waals surface area contributed by atoms with Crippen LogP contribution in [-0.4, -0.2) is 35.9 Å². The van der Waals surface area contributed by atoms with E-state index in [4.69, 9.17) is 0 Å². The zero-order valence-electron chi connectivity index (χ0n) is 11.0. The summed E-state index contributed by atoms with van der Waals surface area (Å²) in [6, 6.07) is 3.65. The van der Waals surface area contributed by atoms with Crippen molar-refractivity contribution in [3.63, 3.8) is 0 Å². The van der Waals surface area contributed by atoms with E-state index in [0.717, 1.165) is 22.4 Å². The first kappa shape index (κ1) is 15.9. The second kappa shape index (κ2) is 6.13. The largest absolute Gasteiger partial charge is 0.573 e. The molecular weight excluding hydrogens is 325 g/mol. The van der Waals surface area contributed by atoms with Gasteiger partial charge in [0.1, 0.15) is 12.3 Å². The molecule has 0 radical (unpaired) electrons. The minimum absolute atomic E-state index is 0.198. The third-order valence-corrected chi connectivity index (χ3v) is 3.29. The number of aromatic nitrogens is 1. The van der Waals surface area contributed by atoms with Gasteiger partial charge in [0.2, 0.25) is 5.91 Å². The molecule has 7 nitrogen and oxygen atoms in total. The molecule has 2 rings (SSSR count). The van der Waals surface area contributed by atoms with Crippen molar-refractivity contribution in [3.05, 3.63) is 23.1 Å². The molecular formula is C11H9F3N4O3S. The van der Waals surface area contributed by atoms with E-state index in [1.807, 2.05) is 0 Å². The summed E-state index contributed by atoms with van der Waals surface area (Å²) in [6.07, 6.45) is -4.78. The molecule has 1 N–H and O–H groups in total. The fourth-order valence-electron chi connectivity index (χ4n) is 1.55. The fourth-order valence-corrected chi connectivity index (χ4v) is 2.46. The molecule has 1 aromatic carbocycles. The Morgan fingerprint density at radius 3 is 2.86 bits per heavy atom. The number of ether oxygens (including phenoxy) is 1. The number of thiazole rings is 1. The monoisotopic (exact) mass is 334 g/mol. The van der Waals surface area contributed by atoms with Gasteiger partial charge in [-0.3, -0.25) is 9.80 Å². The molecule has 1 aromatic heterocycles. The predicted molar refractivity (Wildman–Crippen MR) is 73.4 cm³/mol. The number of fused-ring (bicyclic) bond motifs is 1. The summed E-state index contributed by atoms with van der Waals surface area (Å²) in [6.45, 7) is -0.262. The molecule has 22 heavy (non-hydrogen) atoms. The first-order valence-corrected chi connectivity index (χ1v) is 6.59. The van der Waals surface area contributed by atoms with Crippen LogP contribution in [0.1, 0.15) is 0 Å². The molecule has 0 aliphatic heterocycles. The van der Waals surface area contributed by atoms with Crippen molar-refractivity contribution in [3.8, 4) is 5.75 Å². The standard InChI is InChI=1S/C11H9F3N4O3S/c1-18(17-20)5-9(19)16-10-15-7-3-2-6(4-8(7)22-10)21-11(12,13)14/h2-4H,5H2,1H3,(H,15,16,19). The molecule has 0 fully saturated rings. The predicted octanol–water partition coefficient (Wildman–Crippen LogP) is 2.75. The van der Waals surface area contributed by atoms with E-state index in [0.29, 0.717) is 10.2 Å². The van der Waals surface area contributed by atoms with Crippen LogP contribution in [0.5, 0.6) is 5.75 Å². The van der Waals surface area contributed by atoms with Crippen LogP contribution in [0.15, 0.2) is 23.5 Å². The van der Waals surface area contributed by atoms with Gasteiger partial charge in [0, 0.05) is 13.1 Å². The highest BCUT2D eigenvalue weighted by Gasteiger charge is 2.31. The second-order valence-corrected chi connectivity index (χ2v) is 5.17. The summed E-state index contributed by atoms with van der Waals surface area (Å²) in [5, 5.41) is 6.05. The number of alkyl halides is 3. The minimum Gasteiger partial charge on any atom is -0.406 e. The van der Waals surface area contributed by atoms with E-state index in [2.05, 4.69) is 20.3 Å². The van der Waals surface area contributed by atoms with E-state index in [1.54, 1.807) is 0 Å². The van der Waals surface area contributed by atoms with Crippen LogP contribution in [0.3, 0.4) is 0 Å². The summed E-state index contributed by atoms with van der Waals surface area (Å²) < 4.78 is 40.7. The first-order chi connectivity index (χ1) is 10.3. The van der Waals surface area contributed by atoms with Crippen molar-refractivity contribution >= 4 is 32.6 Å². The number of rotatable bonds is 5. The smallest absolute Gasteiger partial charge is 0.406 e. The maximum absolute atomic E-state index is 12.1. The highest BCUT2D eigenvalue weighted by Crippen LogP contribution is 2.31. The zero-order valence-corrected chi connectivity index (χ0v) is 11.9. The zero-order chi connectivity index (χ0) is 16.3. The molecule has 0 bridgehead atoms. The molecule has 1 amide bonds. The maximum atomic E-state index is 12.1.